The van der Waals surface area contributed by atoms with E-state index in [0.717, 1.165) is 10.0 Å². The Balaban J connectivity index is 1.97. The third-order valence-electron chi connectivity index (χ3n) is 2.43. The predicted molar refractivity (Wildman–Crippen MR) is 57.5 cm³/mol. The number of hydrazine groups is 1. The number of hydrogen-bond donors (Lipinski definition) is 2. The maximum Gasteiger partial charge on any atom is 0.337 e. The Kier molecular flexibility index (Phi) is 2.83. The van der Waals surface area contributed by atoms with E-state index in [0.29, 0.717) is 11.0 Å². The van der Waals surface area contributed by atoms with Crippen LogP contribution >= 0.6 is 11.3 Å². The van der Waals surface area contributed by atoms with E-state index in [-0.39, 0.29) is 6.03 Å². The molecule has 0 aliphatic heterocycles. The first-order chi connectivity index (χ1) is 7.16. The normalized spacial score (nSPS) is 15.9. The highest BCUT2D eigenvalue weighted by atomic mass is 32.1. The molecule has 6 nitrogen and oxygen atoms in total. The van der Waals surface area contributed by atoms with Crippen molar-refractivity contribution in [3.8, 4) is 0 Å². The Morgan fingerprint density at radius 3 is 2.87 bits per heavy atom. The fourth-order valence-electron chi connectivity index (χ4n) is 1.28. The fraction of sp³-hybridized carbons (Fsp3) is 0.625. The van der Waals surface area contributed by atoms with E-state index in [4.69, 9.17) is 5.84 Å². The van der Waals surface area contributed by atoms with Crippen molar-refractivity contribution in [2.24, 2.45) is 5.84 Å². The predicted octanol–water partition coefficient (Wildman–Crippen LogP) is 1.14. The monoisotopic (exact) mass is 227 g/mol. The van der Waals surface area contributed by atoms with E-state index >= 15 is 0 Å². The summed E-state index contributed by atoms with van der Waals surface area (Å²) < 4.78 is 0. The maximum atomic E-state index is 11.2. The number of carbonyl (C=O) groups excluding carboxylic acids is 1. The third kappa shape index (κ3) is 2.24. The zero-order chi connectivity index (χ0) is 10.8. The van der Waals surface area contributed by atoms with Crippen LogP contribution < -0.4 is 11.2 Å². The summed E-state index contributed by atoms with van der Waals surface area (Å²) in [6.07, 6.45) is 3.62. The molecule has 1 aliphatic rings. The van der Waals surface area contributed by atoms with Crippen LogP contribution in [0.1, 0.15) is 30.2 Å². The molecule has 1 aromatic rings. The van der Waals surface area contributed by atoms with Gasteiger partial charge in [0, 0.05) is 13.0 Å². The molecular formula is C8H13N5OS. The minimum absolute atomic E-state index is 0.383. The van der Waals surface area contributed by atoms with Crippen LogP contribution in [0.15, 0.2) is 0 Å². The molecule has 82 valence electrons. The average molecular weight is 227 g/mol. The third-order valence-corrected chi connectivity index (χ3v) is 3.43. The molecule has 2 amide bonds. The summed E-state index contributed by atoms with van der Waals surface area (Å²) in [7, 11) is 1.48. The number of nitrogens with two attached hydrogens (primary N) is 1. The highest BCUT2D eigenvalue weighted by Crippen LogP contribution is 2.38. The van der Waals surface area contributed by atoms with Crippen molar-refractivity contribution < 1.29 is 4.79 Å². The molecule has 0 bridgehead atoms. The Labute approximate surface area is 91.4 Å². The highest BCUT2D eigenvalue weighted by molar-refractivity contribution is 7.15. The second kappa shape index (κ2) is 4.11. The first-order valence-electron chi connectivity index (χ1n) is 4.79. The van der Waals surface area contributed by atoms with Crippen molar-refractivity contribution in [1.82, 2.24) is 15.2 Å². The quantitative estimate of drug-likeness (QED) is 0.451. The Bertz CT molecular complexity index is 360. The molecule has 3 N–H and O–H groups in total. The molecule has 0 aromatic carbocycles. The standard InChI is InChI=1S/C8H13N5OS/c1-13(9)8(14)10-7-12-11-6(15-7)5-3-2-4-5/h5H,2-4,9H2,1H3,(H,10,12,14). The lowest BCUT2D eigenvalue weighted by atomic mass is 9.86. The van der Waals surface area contributed by atoms with Crippen LogP contribution in [0, 0.1) is 0 Å². The first-order valence-corrected chi connectivity index (χ1v) is 5.61. The Morgan fingerprint density at radius 2 is 2.33 bits per heavy atom. The summed E-state index contributed by atoms with van der Waals surface area (Å²) >= 11 is 1.43. The lowest BCUT2D eigenvalue weighted by Crippen LogP contribution is -2.36. The van der Waals surface area contributed by atoms with Crippen LogP contribution in [-0.2, 0) is 0 Å². The van der Waals surface area contributed by atoms with Crippen LogP contribution in [0.2, 0.25) is 0 Å². The zero-order valence-corrected chi connectivity index (χ0v) is 9.25. The minimum Gasteiger partial charge on any atom is -0.281 e. The number of rotatable bonds is 2. The molecule has 1 aromatic heterocycles. The zero-order valence-electron chi connectivity index (χ0n) is 8.43. The second-order valence-corrected chi connectivity index (χ2v) is 4.62. The van der Waals surface area contributed by atoms with E-state index < -0.39 is 0 Å². The molecule has 0 atom stereocenters. The summed E-state index contributed by atoms with van der Waals surface area (Å²) in [4.78, 5) is 11.2. The number of hydrogen-bond acceptors (Lipinski definition) is 5. The molecule has 7 heteroatoms. The maximum absolute atomic E-state index is 11.2. The van der Waals surface area contributed by atoms with Gasteiger partial charge < -0.3 is 0 Å². The molecule has 0 saturated heterocycles. The molecule has 1 aliphatic carbocycles. The highest BCUT2D eigenvalue weighted by Gasteiger charge is 2.23. The van der Waals surface area contributed by atoms with E-state index in [1.165, 1.54) is 37.6 Å². The summed E-state index contributed by atoms with van der Waals surface area (Å²) in [5.74, 6) is 5.81. The SMILES string of the molecule is CN(N)C(=O)Nc1nnc(C2CCC2)s1. The number of urea groups is 1. The molecule has 0 unspecified atom stereocenters. The number of amides is 2. The lowest BCUT2D eigenvalue weighted by Gasteiger charge is -2.21. The molecule has 2 rings (SSSR count). The van der Waals surface area contributed by atoms with Crippen molar-refractivity contribution >= 4 is 22.5 Å². The van der Waals surface area contributed by atoms with Gasteiger partial charge in [0.2, 0.25) is 5.13 Å². The fourth-order valence-corrected chi connectivity index (χ4v) is 2.19. The molecule has 0 spiro atoms. The van der Waals surface area contributed by atoms with Crippen LogP contribution in [0.5, 0.6) is 0 Å². The van der Waals surface area contributed by atoms with Gasteiger partial charge in [0.05, 0.1) is 0 Å². The van der Waals surface area contributed by atoms with Gasteiger partial charge in [-0.3, -0.25) is 10.3 Å². The van der Waals surface area contributed by atoms with Gasteiger partial charge in [-0.05, 0) is 12.8 Å². The first kappa shape index (κ1) is 10.3. The van der Waals surface area contributed by atoms with E-state index in [1.807, 2.05) is 0 Å². The van der Waals surface area contributed by atoms with Crippen LogP contribution in [0.4, 0.5) is 9.93 Å². The Morgan fingerprint density at radius 1 is 1.60 bits per heavy atom. The largest absolute Gasteiger partial charge is 0.337 e. The van der Waals surface area contributed by atoms with E-state index in [9.17, 15) is 4.79 Å². The van der Waals surface area contributed by atoms with Crippen molar-refractivity contribution in [2.45, 2.75) is 25.2 Å². The van der Waals surface area contributed by atoms with Gasteiger partial charge in [-0.2, -0.15) is 0 Å². The summed E-state index contributed by atoms with van der Waals surface area (Å²) in [5.41, 5.74) is 0. The van der Waals surface area contributed by atoms with E-state index in [1.54, 1.807) is 0 Å². The summed E-state index contributed by atoms with van der Waals surface area (Å²) in [6.45, 7) is 0. The molecule has 15 heavy (non-hydrogen) atoms. The van der Waals surface area contributed by atoms with Gasteiger partial charge in [0.25, 0.3) is 0 Å². The van der Waals surface area contributed by atoms with Gasteiger partial charge in [-0.1, -0.05) is 17.8 Å². The number of anilines is 1. The van der Waals surface area contributed by atoms with Crippen LogP contribution in [-0.4, -0.2) is 28.3 Å². The number of nitrogens with one attached hydrogen (secondary N) is 1. The van der Waals surface area contributed by atoms with Gasteiger partial charge in [0.15, 0.2) is 0 Å². The smallest absolute Gasteiger partial charge is 0.281 e. The van der Waals surface area contributed by atoms with Crippen LogP contribution in [0.3, 0.4) is 0 Å². The molecule has 1 saturated carbocycles. The van der Waals surface area contributed by atoms with Crippen LogP contribution in [0.25, 0.3) is 0 Å². The van der Waals surface area contributed by atoms with E-state index in [2.05, 4.69) is 15.5 Å². The summed E-state index contributed by atoms with van der Waals surface area (Å²) in [6, 6.07) is -0.383. The topological polar surface area (TPSA) is 84.1 Å². The number of nitrogens with zero attached hydrogens (tertiary/aromatic N) is 3. The minimum atomic E-state index is -0.383. The van der Waals surface area contributed by atoms with Crippen molar-refractivity contribution in [2.75, 3.05) is 12.4 Å². The van der Waals surface area contributed by atoms with Crippen molar-refractivity contribution in [1.29, 1.82) is 0 Å². The molecule has 1 fully saturated rings. The molecular weight excluding hydrogens is 214 g/mol. The van der Waals surface area contributed by atoms with Gasteiger partial charge in [-0.15, -0.1) is 10.2 Å². The number of aromatic nitrogens is 2. The van der Waals surface area contributed by atoms with Gasteiger partial charge >= 0.3 is 6.03 Å². The number of carbonyl (C=O) groups is 1. The molecule has 0 radical (unpaired) electrons. The van der Waals surface area contributed by atoms with Gasteiger partial charge in [0.1, 0.15) is 5.01 Å². The average Bonchev–Trinajstić information content (AvgIpc) is 2.49. The van der Waals surface area contributed by atoms with Gasteiger partial charge in [-0.25, -0.2) is 10.6 Å². The second-order valence-electron chi connectivity index (χ2n) is 3.61. The van der Waals surface area contributed by atoms with Crippen molar-refractivity contribution in [3.63, 3.8) is 0 Å². The lowest BCUT2D eigenvalue weighted by molar-refractivity contribution is 0.223. The Hall–Kier alpha value is -1.21. The molecule has 1 heterocycles. The van der Waals surface area contributed by atoms with Crippen molar-refractivity contribution in [3.05, 3.63) is 5.01 Å². The summed E-state index contributed by atoms with van der Waals surface area (Å²) in [5, 5.41) is 13.0.